The van der Waals surface area contributed by atoms with Gasteiger partial charge in [0.1, 0.15) is 0 Å². The van der Waals surface area contributed by atoms with Crippen LogP contribution in [-0.2, 0) is 6.42 Å². The van der Waals surface area contributed by atoms with Gasteiger partial charge in [0.05, 0.1) is 29.7 Å². The molecule has 0 aliphatic carbocycles. The van der Waals surface area contributed by atoms with Gasteiger partial charge in [-0.05, 0) is 49.9 Å². The molecule has 0 fully saturated rings. The fraction of sp³-hybridized carbons (Fsp3) is 0.467. The molecule has 19 heavy (non-hydrogen) atoms. The molecule has 0 bridgehead atoms. The summed E-state index contributed by atoms with van der Waals surface area (Å²) in [6.45, 7) is 7.50. The number of nitrogens with one attached hydrogen (secondary N) is 1. The molecule has 2 aromatic rings. The molecule has 2 rings (SSSR count). The van der Waals surface area contributed by atoms with Gasteiger partial charge in [0, 0.05) is 0 Å². The molecule has 102 valence electrons. The number of aryl methyl sites for hydroxylation is 2. The first-order chi connectivity index (χ1) is 9.20. The van der Waals surface area contributed by atoms with Crippen LogP contribution in [0, 0.1) is 13.8 Å². The third-order valence-electron chi connectivity index (χ3n) is 3.39. The van der Waals surface area contributed by atoms with Gasteiger partial charge >= 0.3 is 0 Å². The SMILES string of the molecule is CCCNC(Cc1ccc(C)c(C)c1)c1cnsn1. The molecule has 1 atom stereocenters. The molecule has 1 unspecified atom stereocenters. The lowest BCUT2D eigenvalue weighted by Gasteiger charge is -2.16. The fourth-order valence-corrected chi connectivity index (χ4v) is 2.56. The minimum absolute atomic E-state index is 0.265. The van der Waals surface area contributed by atoms with E-state index in [1.54, 1.807) is 0 Å². The van der Waals surface area contributed by atoms with E-state index in [0.29, 0.717) is 0 Å². The second kappa shape index (κ2) is 6.78. The standard InChI is InChI=1S/C15H21N3S/c1-4-7-16-14(15-10-17-19-18-15)9-13-6-5-11(2)12(3)8-13/h5-6,8,10,14,16H,4,7,9H2,1-3H3. The van der Waals surface area contributed by atoms with Gasteiger partial charge in [-0.2, -0.15) is 8.75 Å². The first-order valence-corrected chi connectivity index (χ1v) is 7.50. The van der Waals surface area contributed by atoms with Crippen LogP contribution in [-0.4, -0.2) is 15.3 Å². The normalized spacial score (nSPS) is 12.6. The first-order valence-electron chi connectivity index (χ1n) is 6.77. The van der Waals surface area contributed by atoms with Gasteiger partial charge < -0.3 is 5.32 Å². The van der Waals surface area contributed by atoms with Crippen molar-refractivity contribution in [3.63, 3.8) is 0 Å². The van der Waals surface area contributed by atoms with Gasteiger partial charge in [-0.1, -0.05) is 25.1 Å². The Morgan fingerprint density at radius 3 is 2.74 bits per heavy atom. The highest BCUT2D eigenvalue weighted by molar-refractivity contribution is 6.99. The Morgan fingerprint density at radius 1 is 1.26 bits per heavy atom. The van der Waals surface area contributed by atoms with Crippen LogP contribution < -0.4 is 5.32 Å². The topological polar surface area (TPSA) is 37.8 Å². The highest BCUT2D eigenvalue weighted by Crippen LogP contribution is 2.19. The molecular formula is C15H21N3S. The van der Waals surface area contributed by atoms with Crippen molar-refractivity contribution in [1.29, 1.82) is 0 Å². The number of benzene rings is 1. The lowest BCUT2D eigenvalue weighted by atomic mass is 9.99. The average Bonchev–Trinajstić information content (AvgIpc) is 2.92. The summed E-state index contributed by atoms with van der Waals surface area (Å²) in [4.78, 5) is 0. The summed E-state index contributed by atoms with van der Waals surface area (Å²) < 4.78 is 8.49. The van der Waals surface area contributed by atoms with Crippen LogP contribution in [0.15, 0.2) is 24.4 Å². The summed E-state index contributed by atoms with van der Waals surface area (Å²) in [6.07, 6.45) is 3.96. The fourth-order valence-electron chi connectivity index (χ4n) is 2.09. The van der Waals surface area contributed by atoms with Gasteiger partial charge in [-0.25, -0.2) is 0 Å². The van der Waals surface area contributed by atoms with E-state index in [4.69, 9.17) is 0 Å². The molecule has 0 saturated heterocycles. The number of rotatable bonds is 6. The first kappa shape index (κ1) is 14.2. The predicted octanol–water partition coefficient (Wildman–Crippen LogP) is 3.44. The van der Waals surface area contributed by atoms with Gasteiger partial charge in [0.15, 0.2) is 0 Å². The summed E-state index contributed by atoms with van der Waals surface area (Å²) in [5.74, 6) is 0. The summed E-state index contributed by atoms with van der Waals surface area (Å²) in [5, 5.41) is 3.56. The Labute approximate surface area is 119 Å². The van der Waals surface area contributed by atoms with E-state index in [0.717, 1.165) is 25.1 Å². The summed E-state index contributed by atoms with van der Waals surface area (Å²) in [6, 6.07) is 6.94. The highest BCUT2D eigenvalue weighted by atomic mass is 32.1. The number of nitrogens with zero attached hydrogens (tertiary/aromatic N) is 2. The molecule has 0 spiro atoms. The Bertz CT molecular complexity index is 508. The molecule has 0 radical (unpaired) electrons. The van der Waals surface area contributed by atoms with Crippen molar-refractivity contribution in [3.05, 3.63) is 46.8 Å². The molecule has 0 amide bonds. The van der Waals surface area contributed by atoms with E-state index in [2.05, 4.69) is 53.0 Å². The second-order valence-electron chi connectivity index (χ2n) is 4.96. The number of aromatic nitrogens is 2. The lowest BCUT2D eigenvalue weighted by molar-refractivity contribution is 0.521. The van der Waals surface area contributed by atoms with Crippen molar-refractivity contribution >= 4 is 11.7 Å². The van der Waals surface area contributed by atoms with E-state index in [9.17, 15) is 0 Å². The molecule has 1 N–H and O–H groups in total. The maximum atomic E-state index is 4.37. The zero-order chi connectivity index (χ0) is 13.7. The van der Waals surface area contributed by atoms with Gasteiger partial charge in [0.2, 0.25) is 0 Å². The van der Waals surface area contributed by atoms with Crippen molar-refractivity contribution in [2.45, 2.75) is 39.7 Å². The van der Waals surface area contributed by atoms with Crippen LogP contribution in [0.25, 0.3) is 0 Å². The van der Waals surface area contributed by atoms with Crippen LogP contribution in [0.2, 0.25) is 0 Å². The molecule has 1 heterocycles. The Kier molecular flexibility index (Phi) is 5.05. The molecule has 0 saturated carbocycles. The minimum Gasteiger partial charge on any atom is -0.308 e. The van der Waals surface area contributed by atoms with Crippen LogP contribution in [0.1, 0.15) is 41.8 Å². The van der Waals surface area contributed by atoms with Crippen molar-refractivity contribution in [2.24, 2.45) is 0 Å². The van der Waals surface area contributed by atoms with Crippen LogP contribution in [0.5, 0.6) is 0 Å². The minimum atomic E-state index is 0.265. The van der Waals surface area contributed by atoms with Crippen molar-refractivity contribution in [3.8, 4) is 0 Å². The predicted molar refractivity (Wildman–Crippen MR) is 80.6 cm³/mol. The van der Waals surface area contributed by atoms with E-state index < -0.39 is 0 Å². The van der Waals surface area contributed by atoms with Gasteiger partial charge in [-0.3, -0.25) is 0 Å². The van der Waals surface area contributed by atoms with Crippen LogP contribution >= 0.6 is 11.7 Å². The quantitative estimate of drug-likeness (QED) is 0.877. The Hall–Kier alpha value is -1.26. The summed E-state index contributed by atoms with van der Waals surface area (Å²) in [7, 11) is 0. The third-order valence-corrected chi connectivity index (χ3v) is 3.88. The maximum absolute atomic E-state index is 4.37. The zero-order valence-electron chi connectivity index (χ0n) is 11.8. The Balaban J connectivity index is 2.13. The molecule has 4 heteroatoms. The second-order valence-corrected chi connectivity index (χ2v) is 5.52. The molecule has 0 aliphatic rings. The zero-order valence-corrected chi connectivity index (χ0v) is 12.6. The monoisotopic (exact) mass is 275 g/mol. The van der Waals surface area contributed by atoms with E-state index in [1.165, 1.54) is 28.4 Å². The lowest BCUT2D eigenvalue weighted by Crippen LogP contribution is -2.24. The molecule has 1 aromatic carbocycles. The Morgan fingerprint density at radius 2 is 2.11 bits per heavy atom. The third kappa shape index (κ3) is 3.85. The van der Waals surface area contributed by atoms with Gasteiger partial charge in [0.25, 0.3) is 0 Å². The van der Waals surface area contributed by atoms with E-state index in [-0.39, 0.29) is 6.04 Å². The van der Waals surface area contributed by atoms with E-state index >= 15 is 0 Å². The largest absolute Gasteiger partial charge is 0.308 e. The maximum Gasteiger partial charge on any atom is 0.0915 e. The van der Waals surface area contributed by atoms with Gasteiger partial charge in [-0.15, -0.1) is 0 Å². The van der Waals surface area contributed by atoms with Crippen LogP contribution in [0.4, 0.5) is 0 Å². The summed E-state index contributed by atoms with van der Waals surface area (Å²) >= 11 is 1.28. The van der Waals surface area contributed by atoms with Crippen LogP contribution in [0.3, 0.4) is 0 Å². The molecule has 1 aromatic heterocycles. The summed E-state index contributed by atoms with van der Waals surface area (Å²) in [5.41, 5.74) is 5.10. The molecular weight excluding hydrogens is 254 g/mol. The number of hydrogen-bond donors (Lipinski definition) is 1. The highest BCUT2D eigenvalue weighted by Gasteiger charge is 2.14. The number of hydrogen-bond acceptors (Lipinski definition) is 4. The molecule has 3 nitrogen and oxygen atoms in total. The smallest absolute Gasteiger partial charge is 0.0915 e. The van der Waals surface area contributed by atoms with Crippen molar-refractivity contribution in [1.82, 2.24) is 14.1 Å². The average molecular weight is 275 g/mol. The van der Waals surface area contributed by atoms with E-state index in [1.807, 2.05) is 6.20 Å². The molecule has 0 aliphatic heterocycles. The van der Waals surface area contributed by atoms with Crippen molar-refractivity contribution in [2.75, 3.05) is 6.54 Å². The van der Waals surface area contributed by atoms with Crippen molar-refractivity contribution < 1.29 is 0 Å².